The zero-order valence-electron chi connectivity index (χ0n) is 13.4. The SMILES string of the molecule is CCn1nc(C)c(C(=O)N2CCC[C@@H](n3cncn3)C2)c1C. The van der Waals surface area contributed by atoms with Gasteiger partial charge in [0.25, 0.3) is 5.91 Å². The van der Waals surface area contributed by atoms with E-state index in [1.54, 1.807) is 12.7 Å². The molecular formula is C15H22N6O. The largest absolute Gasteiger partial charge is 0.336 e. The van der Waals surface area contributed by atoms with E-state index in [0.29, 0.717) is 6.54 Å². The smallest absolute Gasteiger partial charge is 0.257 e. The zero-order chi connectivity index (χ0) is 15.7. The molecule has 2 aromatic rings. The van der Waals surface area contributed by atoms with Crippen LogP contribution in [0.25, 0.3) is 0 Å². The fraction of sp³-hybridized carbons (Fsp3) is 0.600. The van der Waals surface area contributed by atoms with E-state index in [4.69, 9.17) is 0 Å². The number of hydrogen-bond donors (Lipinski definition) is 0. The van der Waals surface area contributed by atoms with Crippen molar-refractivity contribution in [2.45, 2.75) is 46.2 Å². The van der Waals surface area contributed by atoms with Crippen molar-refractivity contribution in [1.29, 1.82) is 0 Å². The number of piperidine rings is 1. The number of rotatable bonds is 3. The van der Waals surface area contributed by atoms with Gasteiger partial charge >= 0.3 is 0 Å². The van der Waals surface area contributed by atoms with E-state index >= 15 is 0 Å². The molecule has 3 heterocycles. The van der Waals surface area contributed by atoms with E-state index in [0.717, 1.165) is 42.9 Å². The highest BCUT2D eigenvalue weighted by atomic mass is 16.2. The van der Waals surface area contributed by atoms with Crippen molar-refractivity contribution in [2.24, 2.45) is 0 Å². The van der Waals surface area contributed by atoms with Crippen molar-refractivity contribution in [3.05, 3.63) is 29.6 Å². The van der Waals surface area contributed by atoms with Crippen LogP contribution in [0, 0.1) is 13.8 Å². The lowest BCUT2D eigenvalue weighted by Gasteiger charge is -2.32. The van der Waals surface area contributed by atoms with E-state index in [-0.39, 0.29) is 11.9 Å². The number of hydrogen-bond acceptors (Lipinski definition) is 4. The number of aryl methyl sites for hydroxylation is 2. The number of nitrogens with zero attached hydrogens (tertiary/aromatic N) is 6. The van der Waals surface area contributed by atoms with Gasteiger partial charge in [-0.05, 0) is 33.6 Å². The van der Waals surface area contributed by atoms with Crippen molar-refractivity contribution >= 4 is 5.91 Å². The molecule has 7 heteroatoms. The summed E-state index contributed by atoms with van der Waals surface area (Å²) in [6.45, 7) is 8.16. The molecule has 1 fully saturated rings. The molecule has 0 spiro atoms. The second-order valence-electron chi connectivity index (χ2n) is 5.78. The molecule has 0 saturated carbocycles. The lowest BCUT2D eigenvalue weighted by atomic mass is 10.0. The highest BCUT2D eigenvalue weighted by molar-refractivity contribution is 5.96. The van der Waals surface area contributed by atoms with Crippen molar-refractivity contribution < 1.29 is 4.79 Å². The lowest BCUT2D eigenvalue weighted by molar-refractivity contribution is 0.0671. The van der Waals surface area contributed by atoms with Crippen molar-refractivity contribution in [1.82, 2.24) is 29.4 Å². The molecule has 1 atom stereocenters. The van der Waals surface area contributed by atoms with Crippen molar-refractivity contribution in [2.75, 3.05) is 13.1 Å². The van der Waals surface area contributed by atoms with Crippen LogP contribution in [0.15, 0.2) is 12.7 Å². The van der Waals surface area contributed by atoms with E-state index in [1.807, 2.05) is 35.0 Å². The van der Waals surface area contributed by atoms with Gasteiger partial charge in [0.1, 0.15) is 12.7 Å². The molecule has 3 rings (SSSR count). The number of carbonyl (C=O) groups excluding carboxylic acids is 1. The lowest BCUT2D eigenvalue weighted by Crippen LogP contribution is -2.41. The van der Waals surface area contributed by atoms with Crippen molar-refractivity contribution in [3.8, 4) is 0 Å². The first-order valence-electron chi connectivity index (χ1n) is 7.79. The maximum Gasteiger partial charge on any atom is 0.257 e. The number of aromatic nitrogens is 5. The summed E-state index contributed by atoms with van der Waals surface area (Å²) in [5, 5.41) is 8.67. The molecule has 0 N–H and O–H groups in total. The van der Waals surface area contributed by atoms with Gasteiger partial charge in [-0.15, -0.1) is 0 Å². The van der Waals surface area contributed by atoms with Gasteiger partial charge in [0.15, 0.2) is 0 Å². The van der Waals surface area contributed by atoms with Gasteiger partial charge in [-0.2, -0.15) is 10.2 Å². The minimum Gasteiger partial charge on any atom is -0.336 e. The summed E-state index contributed by atoms with van der Waals surface area (Å²) in [6.07, 6.45) is 5.28. The maximum atomic E-state index is 12.9. The van der Waals surface area contributed by atoms with Crippen LogP contribution in [-0.4, -0.2) is 48.4 Å². The molecule has 1 amide bonds. The summed E-state index contributed by atoms with van der Waals surface area (Å²) in [5.74, 6) is 0.0829. The molecule has 1 aliphatic heterocycles. The van der Waals surface area contributed by atoms with Crippen LogP contribution in [-0.2, 0) is 6.54 Å². The highest BCUT2D eigenvalue weighted by Crippen LogP contribution is 2.24. The molecule has 0 aromatic carbocycles. The standard InChI is InChI=1S/C15H22N6O/c1-4-20-12(3)14(11(2)18-20)15(22)19-7-5-6-13(8-19)21-10-16-9-17-21/h9-10,13H,4-8H2,1-3H3/t13-/m1/s1. The van der Waals surface area contributed by atoms with Gasteiger partial charge in [-0.1, -0.05) is 0 Å². The Labute approximate surface area is 129 Å². The van der Waals surface area contributed by atoms with Gasteiger partial charge in [0.2, 0.25) is 0 Å². The van der Waals surface area contributed by atoms with Crippen LogP contribution in [0.4, 0.5) is 0 Å². The summed E-state index contributed by atoms with van der Waals surface area (Å²) in [7, 11) is 0. The Kier molecular flexibility index (Phi) is 3.96. The van der Waals surface area contributed by atoms with E-state index in [1.165, 1.54) is 0 Å². The molecule has 0 radical (unpaired) electrons. The average Bonchev–Trinajstić information content (AvgIpc) is 3.15. The fourth-order valence-electron chi connectivity index (χ4n) is 3.23. The van der Waals surface area contributed by atoms with Crippen LogP contribution in [0.3, 0.4) is 0 Å². The van der Waals surface area contributed by atoms with Crippen molar-refractivity contribution in [3.63, 3.8) is 0 Å². The average molecular weight is 302 g/mol. The quantitative estimate of drug-likeness (QED) is 0.863. The second-order valence-corrected chi connectivity index (χ2v) is 5.78. The number of likely N-dealkylation sites (tertiary alicyclic amines) is 1. The molecule has 0 bridgehead atoms. The van der Waals surface area contributed by atoms with Gasteiger partial charge in [0, 0.05) is 25.3 Å². The number of amides is 1. The predicted molar refractivity (Wildman–Crippen MR) is 81.6 cm³/mol. The molecule has 1 saturated heterocycles. The predicted octanol–water partition coefficient (Wildman–Crippen LogP) is 1.59. The van der Waals surface area contributed by atoms with E-state index in [9.17, 15) is 4.79 Å². The van der Waals surface area contributed by atoms with Gasteiger partial charge in [-0.3, -0.25) is 9.48 Å². The van der Waals surface area contributed by atoms with Gasteiger partial charge in [-0.25, -0.2) is 9.67 Å². The highest BCUT2D eigenvalue weighted by Gasteiger charge is 2.29. The zero-order valence-corrected chi connectivity index (χ0v) is 13.4. The molecule has 22 heavy (non-hydrogen) atoms. The van der Waals surface area contributed by atoms with Crippen LogP contribution < -0.4 is 0 Å². The summed E-state index contributed by atoms with van der Waals surface area (Å²) in [5.41, 5.74) is 2.51. The first kappa shape index (κ1) is 14.7. The Bertz CT molecular complexity index is 660. The fourth-order valence-corrected chi connectivity index (χ4v) is 3.23. The Hall–Kier alpha value is -2.18. The Morgan fingerprint density at radius 3 is 2.86 bits per heavy atom. The first-order chi connectivity index (χ1) is 10.6. The van der Waals surface area contributed by atoms with Crippen LogP contribution in [0.2, 0.25) is 0 Å². The molecular weight excluding hydrogens is 280 g/mol. The van der Waals surface area contributed by atoms with Crippen LogP contribution in [0.5, 0.6) is 0 Å². The second kappa shape index (κ2) is 5.90. The summed E-state index contributed by atoms with van der Waals surface area (Å²) in [6, 6.07) is 0.210. The Morgan fingerprint density at radius 1 is 1.41 bits per heavy atom. The maximum absolute atomic E-state index is 12.9. The van der Waals surface area contributed by atoms with Gasteiger partial charge in [0.05, 0.1) is 17.3 Å². The molecule has 0 aliphatic carbocycles. The molecule has 2 aromatic heterocycles. The first-order valence-corrected chi connectivity index (χ1v) is 7.79. The molecule has 0 unspecified atom stereocenters. The third-order valence-corrected chi connectivity index (χ3v) is 4.39. The normalized spacial score (nSPS) is 18.7. The Morgan fingerprint density at radius 2 is 2.23 bits per heavy atom. The van der Waals surface area contributed by atoms with E-state index < -0.39 is 0 Å². The van der Waals surface area contributed by atoms with Crippen LogP contribution >= 0.6 is 0 Å². The minimum atomic E-state index is 0.0829. The Balaban J connectivity index is 1.81. The minimum absolute atomic E-state index is 0.0829. The summed E-state index contributed by atoms with van der Waals surface area (Å²) in [4.78, 5) is 18.8. The molecule has 1 aliphatic rings. The summed E-state index contributed by atoms with van der Waals surface area (Å²) >= 11 is 0. The van der Waals surface area contributed by atoms with Crippen LogP contribution in [0.1, 0.15) is 47.6 Å². The topological polar surface area (TPSA) is 68.8 Å². The monoisotopic (exact) mass is 302 g/mol. The van der Waals surface area contributed by atoms with Gasteiger partial charge < -0.3 is 4.90 Å². The van der Waals surface area contributed by atoms with E-state index in [2.05, 4.69) is 15.2 Å². The molecule has 7 nitrogen and oxygen atoms in total. The number of carbonyl (C=O) groups is 1. The third-order valence-electron chi connectivity index (χ3n) is 4.39. The molecule has 118 valence electrons. The third kappa shape index (κ3) is 2.51. The summed E-state index contributed by atoms with van der Waals surface area (Å²) < 4.78 is 3.75.